The van der Waals surface area contributed by atoms with E-state index in [9.17, 15) is 14.4 Å². The van der Waals surface area contributed by atoms with Gasteiger partial charge in [0.25, 0.3) is 5.91 Å². The molecule has 0 spiro atoms. The number of benzene rings is 3. The van der Waals surface area contributed by atoms with E-state index in [0.717, 1.165) is 27.6 Å². The van der Waals surface area contributed by atoms with Crippen LogP contribution in [-0.4, -0.2) is 18.5 Å². The second-order valence-corrected chi connectivity index (χ2v) is 8.26. The molecule has 4 aromatic rings. The Morgan fingerprint density at radius 3 is 2.46 bits per heavy atom. The molecule has 0 unspecified atom stereocenters. The molecule has 1 amide bonds. The average Bonchev–Trinajstić information content (AvgIpc) is 2.84. The monoisotopic (exact) mass is 471 g/mol. The lowest BCUT2D eigenvalue weighted by Crippen LogP contribution is -2.21. The zero-order valence-corrected chi connectivity index (χ0v) is 19.7. The number of rotatable bonds is 7. The fourth-order valence-electron chi connectivity index (χ4n) is 3.59. The molecule has 0 saturated heterocycles. The Balaban J connectivity index is 1.31. The maximum absolute atomic E-state index is 12.3. The maximum atomic E-state index is 12.3. The van der Waals surface area contributed by atoms with Crippen molar-refractivity contribution in [3.8, 4) is 5.75 Å². The Labute approximate surface area is 202 Å². The van der Waals surface area contributed by atoms with E-state index in [4.69, 9.17) is 13.9 Å². The van der Waals surface area contributed by atoms with Crippen molar-refractivity contribution >= 4 is 28.5 Å². The first-order valence-corrected chi connectivity index (χ1v) is 11.1. The van der Waals surface area contributed by atoms with Gasteiger partial charge in [-0.1, -0.05) is 24.3 Å². The fraction of sp³-hybridized carbons (Fsp3) is 0.179. The molecule has 0 aliphatic rings. The normalized spacial score (nSPS) is 10.7. The summed E-state index contributed by atoms with van der Waals surface area (Å²) in [7, 11) is 0. The van der Waals surface area contributed by atoms with Gasteiger partial charge >= 0.3 is 11.6 Å². The van der Waals surface area contributed by atoms with Crippen LogP contribution in [0.25, 0.3) is 11.0 Å². The molecule has 3 aromatic carbocycles. The smallest absolute Gasteiger partial charge is 0.338 e. The van der Waals surface area contributed by atoms with E-state index in [1.54, 1.807) is 36.4 Å². The minimum atomic E-state index is -0.589. The van der Waals surface area contributed by atoms with E-state index in [1.807, 2.05) is 45.0 Å². The zero-order valence-electron chi connectivity index (χ0n) is 19.7. The molecule has 0 fully saturated rings. The lowest BCUT2D eigenvalue weighted by Gasteiger charge is -2.11. The molecule has 7 heteroatoms. The predicted molar refractivity (Wildman–Crippen MR) is 133 cm³/mol. The molecular formula is C28H25NO6. The average molecular weight is 472 g/mol. The lowest BCUT2D eigenvalue weighted by atomic mass is 10.1. The highest BCUT2D eigenvalue weighted by Crippen LogP contribution is 2.23. The minimum absolute atomic E-state index is 0.259. The number of ether oxygens (including phenoxy) is 2. The van der Waals surface area contributed by atoms with Crippen LogP contribution in [0.2, 0.25) is 0 Å². The first-order valence-electron chi connectivity index (χ1n) is 11.1. The van der Waals surface area contributed by atoms with Crippen LogP contribution < -0.4 is 15.7 Å². The van der Waals surface area contributed by atoms with E-state index in [1.165, 1.54) is 6.07 Å². The van der Waals surface area contributed by atoms with E-state index < -0.39 is 17.5 Å². The van der Waals surface area contributed by atoms with Gasteiger partial charge < -0.3 is 19.2 Å². The van der Waals surface area contributed by atoms with Gasteiger partial charge in [-0.25, -0.2) is 9.59 Å². The van der Waals surface area contributed by atoms with Crippen molar-refractivity contribution < 1.29 is 23.5 Å². The van der Waals surface area contributed by atoms with Crippen LogP contribution in [0, 0.1) is 20.8 Å². The molecule has 0 radical (unpaired) electrons. The van der Waals surface area contributed by atoms with E-state index in [-0.39, 0.29) is 13.2 Å². The Morgan fingerprint density at radius 2 is 1.69 bits per heavy atom. The van der Waals surface area contributed by atoms with Crippen molar-refractivity contribution in [2.24, 2.45) is 0 Å². The molecule has 0 aliphatic heterocycles. The Kier molecular flexibility index (Phi) is 6.96. The van der Waals surface area contributed by atoms with Crippen molar-refractivity contribution in [1.29, 1.82) is 0 Å². The molecule has 1 N–H and O–H groups in total. The molecule has 1 aromatic heterocycles. The van der Waals surface area contributed by atoms with Gasteiger partial charge in [-0.2, -0.15) is 0 Å². The lowest BCUT2D eigenvalue weighted by molar-refractivity contribution is -0.119. The first-order chi connectivity index (χ1) is 16.8. The number of anilines is 1. The maximum Gasteiger partial charge on any atom is 0.338 e. The summed E-state index contributed by atoms with van der Waals surface area (Å²) < 4.78 is 16.2. The minimum Gasteiger partial charge on any atom is -0.489 e. The Hall–Kier alpha value is -4.39. The van der Waals surface area contributed by atoms with Gasteiger partial charge in [-0.05, 0) is 73.4 Å². The van der Waals surface area contributed by atoms with Gasteiger partial charge in [0.05, 0.1) is 5.56 Å². The van der Waals surface area contributed by atoms with Gasteiger partial charge in [0.2, 0.25) is 0 Å². The standard InChI is InChI=1S/C28H25NO6/c1-17-5-4-6-24(19(17)3)29-26(30)16-34-28(32)21-9-7-20(8-10-21)15-33-22-11-12-23-18(2)13-27(31)35-25(23)14-22/h4-14H,15-16H2,1-3H3,(H,29,30). The van der Waals surface area contributed by atoms with E-state index >= 15 is 0 Å². The van der Waals surface area contributed by atoms with Crippen LogP contribution in [0.5, 0.6) is 5.75 Å². The van der Waals surface area contributed by atoms with Crippen LogP contribution in [0.3, 0.4) is 0 Å². The van der Waals surface area contributed by atoms with Gasteiger partial charge in [0.15, 0.2) is 6.61 Å². The van der Waals surface area contributed by atoms with Crippen LogP contribution in [0.4, 0.5) is 5.69 Å². The SMILES string of the molecule is Cc1cccc(NC(=O)COC(=O)c2ccc(COc3ccc4c(C)cc(=O)oc4c3)cc2)c1C. The highest BCUT2D eigenvalue weighted by molar-refractivity contribution is 5.96. The number of carbonyl (C=O) groups excluding carboxylic acids is 2. The predicted octanol–water partition coefficient (Wildman–Crippen LogP) is 5.09. The van der Waals surface area contributed by atoms with Crippen molar-refractivity contribution in [1.82, 2.24) is 0 Å². The number of aryl methyl sites for hydroxylation is 2. The molecule has 4 rings (SSSR count). The molecule has 0 aliphatic carbocycles. The third kappa shape index (κ3) is 5.76. The van der Waals surface area contributed by atoms with Gasteiger partial charge in [-0.15, -0.1) is 0 Å². The zero-order chi connectivity index (χ0) is 24.9. The molecule has 1 heterocycles. The highest BCUT2D eigenvalue weighted by Gasteiger charge is 2.12. The third-order valence-corrected chi connectivity index (χ3v) is 5.73. The molecular weight excluding hydrogens is 446 g/mol. The van der Waals surface area contributed by atoms with Crippen molar-refractivity contribution in [2.45, 2.75) is 27.4 Å². The van der Waals surface area contributed by atoms with Crippen molar-refractivity contribution in [3.63, 3.8) is 0 Å². The van der Waals surface area contributed by atoms with Gasteiger partial charge in [0, 0.05) is 23.2 Å². The van der Waals surface area contributed by atoms with Crippen LogP contribution in [0.15, 0.2) is 75.9 Å². The number of hydrogen-bond donors (Lipinski definition) is 1. The molecule has 178 valence electrons. The number of fused-ring (bicyclic) bond motifs is 1. The number of nitrogens with one attached hydrogen (secondary N) is 1. The van der Waals surface area contributed by atoms with Crippen LogP contribution in [0.1, 0.15) is 32.6 Å². The second kappa shape index (κ2) is 10.3. The quantitative estimate of drug-likeness (QED) is 0.298. The van der Waals surface area contributed by atoms with E-state index in [0.29, 0.717) is 22.6 Å². The Bertz CT molecular complexity index is 1450. The molecule has 0 saturated carbocycles. The topological polar surface area (TPSA) is 94.8 Å². The highest BCUT2D eigenvalue weighted by atomic mass is 16.5. The summed E-state index contributed by atoms with van der Waals surface area (Å²) in [6, 6.07) is 19.1. The van der Waals surface area contributed by atoms with E-state index in [2.05, 4.69) is 5.32 Å². The third-order valence-electron chi connectivity index (χ3n) is 5.73. The summed E-state index contributed by atoms with van der Waals surface area (Å²) in [5, 5.41) is 3.61. The molecule has 35 heavy (non-hydrogen) atoms. The first kappa shape index (κ1) is 23.8. The van der Waals surface area contributed by atoms with Crippen LogP contribution in [-0.2, 0) is 16.1 Å². The number of esters is 1. The summed E-state index contributed by atoms with van der Waals surface area (Å²) in [5.74, 6) is -0.434. The summed E-state index contributed by atoms with van der Waals surface area (Å²) in [6.45, 7) is 5.61. The van der Waals surface area contributed by atoms with Crippen molar-refractivity contribution in [2.75, 3.05) is 11.9 Å². The van der Waals surface area contributed by atoms with Gasteiger partial charge in [-0.3, -0.25) is 4.79 Å². The van der Waals surface area contributed by atoms with Crippen LogP contribution >= 0.6 is 0 Å². The number of carbonyl (C=O) groups is 2. The van der Waals surface area contributed by atoms with Gasteiger partial charge in [0.1, 0.15) is 17.9 Å². The number of amides is 1. The molecule has 0 atom stereocenters. The van der Waals surface area contributed by atoms with Crippen molar-refractivity contribution in [3.05, 3.63) is 105 Å². The summed E-state index contributed by atoms with van der Waals surface area (Å²) in [6.07, 6.45) is 0. The molecule has 0 bridgehead atoms. The summed E-state index contributed by atoms with van der Waals surface area (Å²) in [4.78, 5) is 36.1. The summed E-state index contributed by atoms with van der Waals surface area (Å²) >= 11 is 0. The summed E-state index contributed by atoms with van der Waals surface area (Å²) in [5.41, 5.74) is 4.78. The Morgan fingerprint density at radius 1 is 0.914 bits per heavy atom. The second-order valence-electron chi connectivity index (χ2n) is 8.26. The largest absolute Gasteiger partial charge is 0.489 e. The fourth-order valence-corrected chi connectivity index (χ4v) is 3.59. The number of hydrogen-bond acceptors (Lipinski definition) is 6. The molecule has 7 nitrogen and oxygen atoms in total.